The first-order chi connectivity index (χ1) is 9.47. The van der Waals surface area contributed by atoms with Crippen molar-refractivity contribution in [3.05, 3.63) is 58.6 Å². The molecule has 104 valence electrons. The summed E-state index contributed by atoms with van der Waals surface area (Å²) in [5.41, 5.74) is 13.8. The van der Waals surface area contributed by atoms with E-state index in [-0.39, 0.29) is 6.04 Å². The van der Waals surface area contributed by atoms with Gasteiger partial charge in [-0.1, -0.05) is 23.7 Å². The lowest BCUT2D eigenvalue weighted by atomic mass is 10.1. The molecule has 20 heavy (non-hydrogen) atoms. The number of anilines is 2. The maximum Gasteiger partial charge on any atom is 0.248 e. The zero-order valence-corrected chi connectivity index (χ0v) is 11.8. The van der Waals surface area contributed by atoms with Gasteiger partial charge >= 0.3 is 0 Å². The Morgan fingerprint density at radius 3 is 2.60 bits per heavy atom. The molecule has 0 aliphatic rings. The van der Waals surface area contributed by atoms with Crippen molar-refractivity contribution in [3.63, 3.8) is 0 Å². The zero-order valence-electron chi connectivity index (χ0n) is 11.1. The number of amides is 1. The number of nitrogens with one attached hydrogen (secondary N) is 1. The highest BCUT2D eigenvalue weighted by atomic mass is 35.5. The van der Waals surface area contributed by atoms with Gasteiger partial charge in [0.25, 0.3) is 0 Å². The largest absolute Gasteiger partial charge is 0.397 e. The Labute approximate surface area is 122 Å². The van der Waals surface area contributed by atoms with Crippen LogP contribution in [0.15, 0.2) is 42.5 Å². The van der Waals surface area contributed by atoms with Crippen molar-refractivity contribution < 1.29 is 4.79 Å². The molecule has 0 bridgehead atoms. The summed E-state index contributed by atoms with van der Waals surface area (Å²) < 4.78 is 0. The SMILES string of the molecule is CC(Nc1ccc(C(N)=O)cc1N)c1cccc(Cl)c1. The summed E-state index contributed by atoms with van der Waals surface area (Å²) in [6, 6.07) is 12.6. The lowest BCUT2D eigenvalue weighted by Gasteiger charge is -2.17. The minimum atomic E-state index is -0.494. The molecule has 1 atom stereocenters. The average Bonchev–Trinajstić information content (AvgIpc) is 2.40. The highest BCUT2D eigenvalue weighted by molar-refractivity contribution is 6.30. The van der Waals surface area contributed by atoms with Gasteiger partial charge in [0.15, 0.2) is 0 Å². The summed E-state index contributed by atoms with van der Waals surface area (Å²) in [4.78, 5) is 11.1. The molecule has 0 saturated carbocycles. The molecule has 0 aliphatic heterocycles. The first-order valence-corrected chi connectivity index (χ1v) is 6.56. The van der Waals surface area contributed by atoms with Crippen LogP contribution in [0.5, 0.6) is 0 Å². The van der Waals surface area contributed by atoms with Gasteiger partial charge < -0.3 is 16.8 Å². The predicted octanol–water partition coefficient (Wildman–Crippen LogP) is 3.19. The highest BCUT2D eigenvalue weighted by Gasteiger charge is 2.09. The number of nitrogens with two attached hydrogens (primary N) is 2. The first-order valence-electron chi connectivity index (χ1n) is 6.18. The first kappa shape index (κ1) is 14.2. The Balaban J connectivity index is 2.19. The van der Waals surface area contributed by atoms with Crippen LogP contribution in [-0.4, -0.2) is 5.91 Å². The van der Waals surface area contributed by atoms with Crippen molar-refractivity contribution in [2.75, 3.05) is 11.1 Å². The van der Waals surface area contributed by atoms with Gasteiger partial charge in [-0.05, 0) is 42.8 Å². The summed E-state index contributed by atoms with van der Waals surface area (Å²) in [5, 5.41) is 3.97. The van der Waals surface area contributed by atoms with E-state index in [9.17, 15) is 4.79 Å². The van der Waals surface area contributed by atoms with E-state index in [0.29, 0.717) is 16.3 Å². The van der Waals surface area contributed by atoms with Gasteiger partial charge in [0, 0.05) is 16.6 Å². The number of rotatable bonds is 4. The third-order valence-electron chi connectivity index (χ3n) is 3.06. The monoisotopic (exact) mass is 289 g/mol. The molecule has 1 amide bonds. The predicted molar refractivity (Wildman–Crippen MR) is 82.9 cm³/mol. The van der Waals surface area contributed by atoms with E-state index < -0.39 is 5.91 Å². The number of carbonyl (C=O) groups is 1. The number of halogens is 1. The fraction of sp³-hybridized carbons (Fsp3) is 0.133. The Morgan fingerprint density at radius 1 is 1.25 bits per heavy atom. The molecule has 0 aliphatic carbocycles. The quantitative estimate of drug-likeness (QED) is 0.756. The van der Waals surface area contributed by atoms with Crippen LogP contribution in [0, 0.1) is 0 Å². The maximum atomic E-state index is 11.1. The second-order valence-corrected chi connectivity index (χ2v) is 5.02. The molecular weight excluding hydrogens is 274 g/mol. The normalized spacial score (nSPS) is 11.9. The van der Waals surface area contributed by atoms with Crippen molar-refractivity contribution in [1.29, 1.82) is 0 Å². The molecule has 0 saturated heterocycles. The molecule has 5 heteroatoms. The fourth-order valence-corrected chi connectivity index (χ4v) is 2.14. The molecule has 0 heterocycles. The van der Waals surface area contributed by atoms with Gasteiger partial charge in [-0.15, -0.1) is 0 Å². The van der Waals surface area contributed by atoms with Crippen LogP contribution in [0.2, 0.25) is 5.02 Å². The Bertz CT molecular complexity index is 643. The van der Waals surface area contributed by atoms with E-state index in [1.165, 1.54) is 0 Å². The molecule has 2 rings (SSSR count). The Hall–Kier alpha value is -2.20. The third kappa shape index (κ3) is 3.22. The van der Waals surface area contributed by atoms with E-state index in [1.54, 1.807) is 18.2 Å². The lowest BCUT2D eigenvalue weighted by molar-refractivity contribution is 0.100. The van der Waals surface area contributed by atoms with E-state index in [2.05, 4.69) is 5.32 Å². The van der Waals surface area contributed by atoms with Crippen molar-refractivity contribution in [2.24, 2.45) is 5.73 Å². The molecule has 0 radical (unpaired) electrons. The number of hydrogen-bond donors (Lipinski definition) is 3. The van der Waals surface area contributed by atoms with Gasteiger partial charge in [0.1, 0.15) is 0 Å². The van der Waals surface area contributed by atoms with E-state index in [1.807, 2.05) is 31.2 Å². The molecule has 1 unspecified atom stereocenters. The van der Waals surface area contributed by atoms with Crippen molar-refractivity contribution in [2.45, 2.75) is 13.0 Å². The van der Waals surface area contributed by atoms with Crippen LogP contribution in [-0.2, 0) is 0 Å². The number of primary amides is 1. The Morgan fingerprint density at radius 2 is 2.00 bits per heavy atom. The molecule has 0 aromatic heterocycles. The van der Waals surface area contributed by atoms with Gasteiger partial charge in [-0.2, -0.15) is 0 Å². The van der Waals surface area contributed by atoms with Crippen LogP contribution in [0.1, 0.15) is 28.9 Å². The van der Waals surface area contributed by atoms with Crippen LogP contribution in [0.25, 0.3) is 0 Å². The van der Waals surface area contributed by atoms with Crippen LogP contribution in [0.3, 0.4) is 0 Å². The molecule has 4 nitrogen and oxygen atoms in total. The molecule has 0 spiro atoms. The second kappa shape index (κ2) is 5.84. The van der Waals surface area contributed by atoms with Crippen LogP contribution in [0.4, 0.5) is 11.4 Å². The van der Waals surface area contributed by atoms with Crippen LogP contribution >= 0.6 is 11.6 Å². The topological polar surface area (TPSA) is 81.1 Å². The molecular formula is C15H16ClN3O. The summed E-state index contributed by atoms with van der Waals surface area (Å²) >= 11 is 5.97. The summed E-state index contributed by atoms with van der Waals surface area (Å²) in [5.74, 6) is -0.494. The van der Waals surface area contributed by atoms with E-state index in [4.69, 9.17) is 23.1 Å². The number of benzene rings is 2. The lowest BCUT2D eigenvalue weighted by Crippen LogP contribution is -2.13. The minimum absolute atomic E-state index is 0.0374. The minimum Gasteiger partial charge on any atom is -0.397 e. The molecule has 5 N–H and O–H groups in total. The second-order valence-electron chi connectivity index (χ2n) is 4.59. The molecule has 0 fully saturated rings. The van der Waals surface area contributed by atoms with Crippen LogP contribution < -0.4 is 16.8 Å². The summed E-state index contributed by atoms with van der Waals surface area (Å²) in [7, 11) is 0. The highest BCUT2D eigenvalue weighted by Crippen LogP contribution is 2.26. The van der Waals surface area contributed by atoms with Gasteiger partial charge in [0.2, 0.25) is 5.91 Å². The zero-order chi connectivity index (χ0) is 14.7. The average molecular weight is 290 g/mol. The maximum absolute atomic E-state index is 11.1. The standard InChI is InChI=1S/C15H16ClN3O/c1-9(10-3-2-4-12(16)7-10)19-14-6-5-11(15(18)20)8-13(14)17/h2-9,19H,17H2,1H3,(H2,18,20). The fourth-order valence-electron chi connectivity index (χ4n) is 1.94. The van der Waals surface area contributed by atoms with E-state index in [0.717, 1.165) is 11.3 Å². The van der Waals surface area contributed by atoms with Crippen molar-refractivity contribution in [1.82, 2.24) is 0 Å². The van der Waals surface area contributed by atoms with Gasteiger partial charge in [-0.25, -0.2) is 0 Å². The van der Waals surface area contributed by atoms with Gasteiger partial charge in [-0.3, -0.25) is 4.79 Å². The van der Waals surface area contributed by atoms with Crippen molar-refractivity contribution in [3.8, 4) is 0 Å². The summed E-state index contributed by atoms with van der Waals surface area (Å²) in [6.07, 6.45) is 0. The molecule has 2 aromatic carbocycles. The van der Waals surface area contributed by atoms with E-state index >= 15 is 0 Å². The Kier molecular flexibility index (Phi) is 4.15. The number of nitrogen functional groups attached to an aromatic ring is 1. The van der Waals surface area contributed by atoms with Gasteiger partial charge in [0.05, 0.1) is 11.4 Å². The van der Waals surface area contributed by atoms with Crippen molar-refractivity contribution >= 4 is 28.9 Å². The third-order valence-corrected chi connectivity index (χ3v) is 3.29. The number of carbonyl (C=O) groups excluding carboxylic acids is 1. The smallest absolute Gasteiger partial charge is 0.248 e. The molecule has 2 aromatic rings. The number of hydrogen-bond acceptors (Lipinski definition) is 3. The summed E-state index contributed by atoms with van der Waals surface area (Å²) in [6.45, 7) is 2.01.